The fourth-order valence-corrected chi connectivity index (χ4v) is 2.25. The molecular formula is C15H19NO5. The van der Waals surface area contributed by atoms with Crippen molar-refractivity contribution in [3.63, 3.8) is 0 Å². The summed E-state index contributed by atoms with van der Waals surface area (Å²) >= 11 is 0. The Morgan fingerprint density at radius 1 is 1.43 bits per heavy atom. The molecule has 2 atom stereocenters. The van der Waals surface area contributed by atoms with Gasteiger partial charge in [0.15, 0.2) is 6.10 Å². The molecule has 0 spiro atoms. The van der Waals surface area contributed by atoms with E-state index in [2.05, 4.69) is 0 Å². The molecule has 1 heterocycles. The molecule has 2 rings (SSSR count). The van der Waals surface area contributed by atoms with E-state index in [1.54, 1.807) is 24.0 Å². The Balaban J connectivity index is 1.91. The van der Waals surface area contributed by atoms with E-state index in [0.29, 0.717) is 18.9 Å². The van der Waals surface area contributed by atoms with E-state index in [1.165, 1.54) is 0 Å². The van der Waals surface area contributed by atoms with E-state index in [1.807, 2.05) is 18.2 Å². The first-order valence-electron chi connectivity index (χ1n) is 6.90. The first kappa shape index (κ1) is 15.3. The van der Waals surface area contributed by atoms with E-state index >= 15 is 0 Å². The molecule has 1 aliphatic heterocycles. The Morgan fingerprint density at radius 3 is 2.81 bits per heavy atom. The summed E-state index contributed by atoms with van der Waals surface area (Å²) in [6.45, 7) is 2.78. The number of rotatable bonds is 5. The van der Waals surface area contributed by atoms with Gasteiger partial charge in [0, 0.05) is 13.1 Å². The molecule has 21 heavy (non-hydrogen) atoms. The maximum atomic E-state index is 12.3. The molecule has 1 saturated heterocycles. The minimum absolute atomic E-state index is 0.0995. The highest BCUT2D eigenvalue weighted by Crippen LogP contribution is 2.14. The molecule has 6 nitrogen and oxygen atoms in total. The van der Waals surface area contributed by atoms with Crippen LogP contribution >= 0.6 is 0 Å². The van der Waals surface area contributed by atoms with Gasteiger partial charge in [-0.05, 0) is 19.1 Å². The van der Waals surface area contributed by atoms with Crippen LogP contribution in [-0.4, -0.2) is 53.8 Å². The molecule has 1 amide bonds. The predicted molar refractivity (Wildman–Crippen MR) is 75.1 cm³/mol. The van der Waals surface area contributed by atoms with Gasteiger partial charge in [-0.15, -0.1) is 0 Å². The lowest BCUT2D eigenvalue weighted by molar-refractivity contribution is -0.151. The first-order valence-corrected chi connectivity index (χ1v) is 6.90. The molecule has 0 aromatic heterocycles. The van der Waals surface area contributed by atoms with Gasteiger partial charge in [0.25, 0.3) is 5.91 Å². The van der Waals surface area contributed by atoms with Gasteiger partial charge in [-0.3, -0.25) is 9.59 Å². The van der Waals surface area contributed by atoms with Crippen molar-refractivity contribution < 1.29 is 24.2 Å². The average molecular weight is 293 g/mol. The molecule has 1 aromatic rings. The van der Waals surface area contributed by atoms with Crippen LogP contribution in [0.15, 0.2) is 30.3 Å². The number of benzene rings is 1. The van der Waals surface area contributed by atoms with Crippen LogP contribution in [0.3, 0.4) is 0 Å². The Labute approximate surface area is 123 Å². The number of carbonyl (C=O) groups excluding carboxylic acids is 1. The van der Waals surface area contributed by atoms with Crippen LogP contribution in [0.1, 0.15) is 13.3 Å². The van der Waals surface area contributed by atoms with Crippen molar-refractivity contribution in [3.8, 4) is 5.75 Å². The summed E-state index contributed by atoms with van der Waals surface area (Å²) in [4.78, 5) is 24.6. The number of amides is 1. The number of hydrogen-bond acceptors (Lipinski definition) is 4. The minimum Gasteiger partial charge on any atom is -0.481 e. The summed E-state index contributed by atoms with van der Waals surface area (Å²) in [5, 5.41) is 8.79. The second-order valence-corrected chi connectivity index (χ2v) is 4.95. The maximum Gasteiger partial charge on any atom is 0.306 e. The number of nitrogens with zero attached hydrogens (tertiary/aromatic N) is 1. The smallest absolute Gasteiger partial charge is 0.306 e. The van der Waals surface area contributed by atoms with Gasteiger partial charge in [-0.1, -0.05) is 18.2 Å². The number of hydrogen-bond donors (Lipinski definition) is 1. The highest BCUT2D eigenvalue weighted by atomic mass is 16.5. The third-order valence-electron chi connectivity index (χ3n) is 3.26. The second-order valence-electron chi connectivity index (χ2n) is 4.95. The van der Waals surface area contributed by atoms with Gasteiger partial charge in [0.05, 0.1) is 19.1 Å². The van der Waals surface area contributed by atoms with Crippen molar-refractivity contribution in [3.05, 3.63) is 30.3 Å². The zero-order chi connectivity index (χ0) is 15.2. The SMILES string of the molecule is C[C@@H](Oc1ccccc1)C(=O)N1CCO[C@@H](CC(=O)O)C1. The van der Waals surface area contributed by atoms with Gasteiger partial charge in [0.1, 0.15) is 5.75 Å². The lowest BCUT2D eigenvalue weighted by Gasteiger charge is -2.33. The average Bonchev–Trinajstić information content (AvgIpc) is 2.47. The maximum absolute atomic E-state index is 12.3. The van der Waals surface area contributed by atoms with Gasteiger partial charge < -0.3 is 19.5 Å². The number of para-hydroxylation sites is 1. The van der Waals surface area contributed by atoms with Crippen LogP contribution in [0.4, 0.5) is 0 Å². The molecular weight excluding hydrogens is 274 g/mol. The summed E-state index contributed by atoms with van der Waals surface area (Å²) in [7, 11) is 0. The fourth-order valence-electron chi connectivity index (χ4n) is 2.25. The van der Waals surface area contributed by atoms with Crippen LogP contribution in [0.5, 0.6) is 5.75 Å². The number of ether oxygens (including phenoxy) is 2. The molecule has 1 aromatic carbocycles. The molecule has 0 radical (unpaired) electrons. The van der Waals surface area contributed by atoms with Crippen LogP contribution in [0, 0.1) is 0 Å². The van der Waals surface area contributed by atoms with Gasteiger partial charge >= 0.3 is 5.97 Å². The largest absolute Gasteiger partial charge is 0.481 e. The quantitative estimate of drug-likeness (QED) is 0.881. The van der Waals surface area contributed by atoms with E-state index in [4.69, 9.17) is 14.6 Å². The molecule has 1 fully saturated rings. The predicted octanol–water partition coefficient (Wildman–Crippen LogP) is 1.16. The van der Waals surface area contributed by atoms with Gasteiger partial charge in [-0.2, -0.15) is 0 Å². The molecule has 1 aliphatic rings. The number of morpholine rings is 1. The van der Waals surface area contributed by atoms with E-state index in [9.17, 15) is 9.59 Å². The van der Waals surface area contributed by atoms with Crippen molar-refractivity contribution in [2.24, 2.45) is 0 Å². The normalized spacial score (nSPS) is 19.9. The van der Waals surface area contributed by atoms with E-state index in [-0.39, 0.29) is 18.9 Å². The Hall–Kier alpha value is -2.08. The summed E-state index contributed by atoms with van der Waals surface area (Å²) in [5.41, 5.74) is 0. The highest BCUT2D eigenvalue weighted by Gasteiger charge is 2.29. The van der Waals surface area contributed by atoms with Gasteiger partial charge in [0.2, 0.25) is 0 Å². The topological polar surface area (TPSA) is 76.1 Å². The minimum atomic E-state index is -0.928. The molecule has 114 valence electrons. The number of carboxylic acid groups (broad SMARTS) is 1. The van der Waals surface area contributed by atoms with Crippen molar-refractivity contribution in [1.29, 1.82) is 0 Å². The van der Waals surface area contributed by atoms with Gasteiger partial charge in [-0.25, -0.2) is 0 Å². The molecule has 0 unspecified atom stereocenters. The lowest BCUT2D eigenvalue weighted by atomic mass is 10.2. The Kier molecular flexibility index (Phi) is 5.16. The fraction of sp³-hybridized carbons (Fsp3) is 0.467. The zero-order valence-electron chi connectivity index (χ0n) is 11.9. The van der Waals surface area contributed by atoms with Crippen molar-refractivity contribution in [2.45, 2.75) is 25.6 Å². The summed E-state index contributed by atoms with van der Waals surface area (Å²) < 4.78 is 10.9. The molecule has 0 saturated carbocycles. The second kappa shape index (κ2) is 7.08. The summed E-state index contributed by atoms with van der Waals surface area (Å²) in [6.07, 6.45) is -1.17. The first-order chi connectivity index (χ1) is 10.1. The Morgan fingerprint density at radius 2 is 2.14 bits per heavy atom. The van der Waals surface area contributed by atoms with Crippen LogP contribution in [0.25, 0.3) is 0 Å². The number of carboxylic acids is 1. The summed E-state index contributed by atoms with van der Waals surface area (Å²) in [6, 6.07) is 9.12. The van der Waals surface area contributed by atoms with E-state index in [0.717, 1.165) is 0 Å². The van der Waals surface area contributed by atoms with Crippen molar-refractivity contribution >= 4 is 11.9 Å². The number of aliphatic carboxylic acids is 1. The van der Waals surface area contributed by atoms with Crippen LogP contribution in [-0.2, 0) is 14.3 Å². The molecule has 0 aliphatic carbocycles. The third kappa shape index (κ3) is 4.46. The molecule has 1 N–H and O–H groups in total. The lowest BCUT2D eigenvalue weighted by Crippen LogP contribution is -2.50. The highest BCUT2D eigenvalue weighted by molar-refractivity contribution is 5.81. The van der Waals surface area contributed by atoms with Crippen LogP contribution < -0.4 is 4.74 Å². The van der Waals surface area contributed by atoms with Crippen molar-refractivity contribution in [1.82, 2.24) is 4.90 Å². The zero-order valence-corrected chi connectivity index (χ0v) is 11.9. The molecule has 6 heteroatoms. The standard InChI is InChI=1S/C15H19NO5/c1-11(21-12-5-3-2-4-6-12)15(19)16-7-8-20-13(10-16)9-14(17)18/h2-6,11,13H,7-10H2,1H3,(H,17,18)/t11-,13+/m1/s1. The monoisotopic (exact) mass is 293 g/mol. The van der Waals surface area contributed by atoms with Crippen LogP contribution in [0.2, 0.25) is 0 Å². The summed E-state index contributed by atoms with van der Waals surface area (Å²) in [5.74, 6) is -0.450. The third-order valence-corrected chi connectivity index (χ3v) is 3.26. The van der Waals surface area contributed by atoms with Crippen molar-refractivity contribution in [2.75, 3.05) is 19.7 Å². The van der Waals surface area contributed by atoms with E-state index < -0.39 is 18.2 Å². The molecule has 0 bridgehead atoms. The Bertz CT molecular complexity index is 490. The number of carbonyl (C=O) groups is 2.